The molecule has 164 valence electrons. The Kier molecular flexibility index (Phi) is 8.10. The molecule has 6 nitrogen and oxygen atoms in total. The molecular formula is C25H30N2O4. The van der Waals surface area contributed by atoms with Gasteiger partial charge in [-0.2, -0.15) is 0 Å². The van der Waals surface area contributed by atoms with Gasteiger partial charge < -0.3 is 14.8 Å². The van der Waals surface area contributed by atoms with E-state index in [-0.39, 0.29) is 37.3 Å². The molecule has 0 aliphatic carbocycles. The van der Waals surface area contributed by atoms with E-state index in [0.29, 0.717) is 6.54 Å². The number of amides is 2. The molecular weight excluding hydrogens is 392 g/mol. The maximum Gasteiger partial charge on any atom is 0.410 e. The van der Waals surface area contributed by atoms with Gasteiger partial charge in [-0.3, -0.25) is 4.90 Å². The zero-order valence-corrected chi connectivity index (χ0v) is 18.1. The lowest BCUT2D eigenvalue weighted by atomic mass is 10.0. The topological polar surface area (TPSA) is 67.9 Å². The van der Waals surface area contributed by atoms with Crippen molar-refractivity contribution in [1.29, 1.82) is 0 Å². The molecule has 0 saturated heterocycles. The smallest absolute Gasteiger partial charge is 0.410 e. The van der Waals surface area contributed by atoms with Crippen LogP contribution in [0.2, 0.25) is 0 Å². The van der Waals surface area contributed by atoms with Gasteiger partial charge in [-0.15, -0.1) is 0 Å². The zero-order valence-electron chi connectivity index (χ0n) is 18.1. The second-order valence-electron chi connectivity index (χ2n) is 7.72. The van der Waals surface area contributed by atoms with E-state index < -0.39 is 6.09 Å². The molecule has 3 atom stereocenters. The number of rotatable bonds is 6. The standard InChI is InChI=1S/C25H30N2O4/c1-3-22-15-14-19(2)23(26-24(28)30-17-20-10-6-4-7-11-20)16-27(22)25(29)31-18-21-12-8-5-9-13-21/h4-15,19,22-23H,3,16-18H2,1-2H3,(H,26,28)/t19-,22+,23-/m1/s1. The molecule has 2 amide bonds. The number of ether oxygens (including phenoxy) is 2. The number of hydrogen-bond acceptors (Lipinski definition) is 4. The van der Waals surface area contributed by atoms with Gasteiger partial charge in [0.2, 0.25) is 0 Å². The third kappa shape index (κ3) is 6.60. The van der Waals surface area contributed by atoms with Crippen molar-refractivity contribution >= 4 is 12.2 Å². The van der Waals surface area contributed by atoms with Crippen LogP contribution in [0.15, 0.2) is 72.8 Å². The summed E-state index contributed by atoms with van der Waals surface area (Å²) in [5.41, 5.74) is 1.85. The normalized spacial score (nSPS) is 20.6. The fourth-order valence-corrected chi connectivity index (χ4v) is 3.52. The van der Waals surface area contributed by atoms with E-state index in [0.717, 1.165) is 17.5 Å². The Morgan fingerprint density at radius 2 is 1.52 bits per heavy atom. The first-order valence-electron chi connectivity index (χ1n) is 10.7. The molecule has 1 aliphatic heterocycles. The molecule has 1 aliphatic rings. The number of carbonyl (C=O) groups is 2. The lowest BCUT2D eigenvalue weighted by Gasteiger charge is -2.31. The molecule has 6 heteroatoms. The summed E-state index contributed by atoms with van der Waals surface area (Å²) in [7, 11) is 0. The summed E-state index contributed by atoms with van der Waals surface area (Å²) in [6.45, 7) is 4.80. The van der Waals surface area contributed by atoms with Gasteiger partial charge in [0, 0.05) is 6.54 Å². The molecule has 0 aromatic heterocycles. The Balaban J connectivity index is 1.60. The summed E-state index contributed by atoms with van der Waals surface area (Å²) in [6, 6.07) is 18.7. The Labute approximate surface area is 183 Å². The molecule has 0 radical (unpaired) electrons. The average molecular weight is 423 g/mol. The molecule has 3 rings (SSSR count). The fraction of sp³-hybridized carbons (Fsp3) is 0.360. The number of alkyl carbamates (subject to hydrolysis) is 1. The van der Waals surface area contributed by atoms with E-state index in [9.17, 15) is 9.59 Å². The Morgan fingerprint density at radius 1 is 0.935 bits per heavy atom. The minimum atomic E-state index is -0.498. The summed E-state index contributed by atoms with van der Waals surface area (Å²) in [4.78, 5) is 26.9. The third-order valence-electron chi connectivity index (χ3n) is 5.44. The monoisotopic (exact) mass is 422 g/mol. The van der Waals surface area contributed by atoms with Crippen LogP contribution in [0.3, 0.4) is 0 Å². The molecule has 1 N–H and O–H groups in total. The second-order valence-corrected chi connectivity index (χ2v) is 7.72. The van der Waals surface area contributed by atoms with Crippen molar-refractivity contribution in [1.82, 2.24) is 10.2 Å². The van der Waals surface area contributed by atoms with Gasteiger partial charge in [0.05, 0.1) is 12.1 Å². The van der Waals surface area contributed by atoms with Gasteiger partial charge in [-0.05, 0) is 23.5 Å². The predicted octanol–water partition coefficient (Wildman–Crippen LogP) is 4.90. The van der Waals surface area contributed by atoms with Crippen molar-refractivity contribution in [2.75, 3.05) is 6.54 Å². The van der Waals surface area contributed by atoms with E-state index in [1.54, 1.807) is 4.90 Å². The van der Waals surface area contributed by atoms with Crippen LogP contribution >= 0.6 is 0 Å². The Morgan fingerprint density at radius 3 is 2.10 bits per heavy atom. The van der Waals surface area contributed by atoms with Crippen molar-refractivity contribution in [2.24, 2.45) is 5.92 Å². The van der Waals surface area contributed by atoms with Crippen molar-refractivity contribution in [3.63, 3.8) is 0 Å². The molecule has 31 heavy (non-hydrogen) atoms. The van der Waals surface area contributed by atoms with Crippen LogP contribution in [0, 0.1) is 5.92 Å². The summed E-state index contributed by atoms with van der Waals surface area (Å²) in [5, 5.41) is 2.92. The van der Waals surface area contributed by atoms with Crippen molar-refractivity contribution in [3.8, 4) is 0 Å². The van der Waals surface area contributed by atoms with Crippen LogP contribution in [-0.4, -0.2) is 35.7 Å². The Bertz CT molecular complexity index is 870. The summed E-state index contributed by atoms with van der Waals surface area (Å²) in [6.07, 6.45) is 3.93. The van der Waals surface area contributed by atoms with Crippen molar-refractivity contribution in [2.45, 2.75) is 45.6 Å². The fourth-order valence-electron chi connectivity index (χ4n) is 3.52. The number of hydrogen-bond donors (Lipinski definition) is 1. The van der Waals surface area contributed by atoms with Crippen LogP contribution in [-0.2, 0) is 22.7 Å². The summed E-state index contributed by atoms with van der Waals surface area (Å²) in [5.74, 6) is 0.0465. The molecule has 0 saturated carbocycles. The molecule has 0 spiro atoms. The molecule has 1 heterocycles. The minimum Gasteiger partial charge on any atom is -0.445 e. The van der Waals surface area contributed by atoms with Crippen LogP contribution in [0.1, 0.15) is 31.4 Å². The quantitative estimate of drug-likeness (QED) is 0.672. The first kappa shape index (κ1) is 22.4. The van der Waals surface area contributed by atoms with Gasteiger partial charge in [-0.1, -0.05) is 86.7 Å². The number of carbonyl (C=O) groups excluding carboxylic acids is 2. The number of nitrogens with one attached hydrogen (secondary N) is 1. The molecule has 0 bridgehead atoms. The predicted molar refractivity (Wildman–Crippen MR) is 119 cm³/mol. The molecule has 2 aromatic rings. The van der Waals surface area contributed by atoms with E-state index in [1.807, 2.05) is 86.7 Å². The molecule has 2 aromatic carbocycles. The third-order valence-corrected chi connectivity index (χ3v) is 5.44. The van der Waals surface area contributed by atoms with Gasteiger partial charge in [-0.25, -0.2) is 9.59 Å². The number of benzene rings is 2. The zero-order chi connectivity index (χ0) is 22.1. The highest BCUT2D eigenvalue weighted by molar-refractivity contribution is 5.70. The van der Waals surface area contributed by atoms with E-state index >= 15 is 0 Å². The van der Waals surface area contributed by atoms with E-state index in [4.69, 9.17) is 9.47 Å². The van der Waals surface area contributed by atoms with Crippen LogP contribution in [0.25, 0.3) is 0 Å². The van der Waals surface area contributed by atoms with Gasteiger partial charge in [0.25, 0.3) is 0 Å². The maximum atomic E-state index is 12.9. The highest BCUT2D eigenvalue weighted by atomic mass is 16.6. The van der Waals surface area contributed by atoms with Crippen LogP contribution in [0.5, 0.6) is 0 Å². The second kappa shape index (κ2) is 11.2. The highest BCUT2D eigenvalue weighted by Gasteiger charge is 2.31. The maximum absolute atomic E-state index is 12.9. The summed E-state index contributed by atoms with van der Waals surface area (Å²) < 4.78 is 10.9. The average Bonchev–Trinajstić information content (AvgIpc) is 2.96. The SMILES string of the molecule is CC[C@H]1C=C[C@@H](C)[C@H](NC(=O)OCc2ccccc2)CN1C(=O)OCc1ccccc1. The van der Waals surface area contributed by atoms with Gasteiger partial charge in [0.1, 0.15) is 13.2 Å². The molecule has 0 unspecified atom stereocenters. The van der Waals surface area contributed by atoms with Crippen molar-refractivity contribution < 1.29 is 19.1 Å². The van der Waals surface area contributed by atoms with E-state index in [1.165, 1.54) is 0 Å². The highest BCUT2D eigenvalue weighted by Crippen LogP contribution is 2.20. The molecule has 0 fully saturated rings. The van der Waals surface area contributed by atoms with Crippen LogP contribution < -0.4 is 5.32 Å². The Hall–Kier alpha value is -3.28. The lowest BCUT2D eigenvalue weighted by Crippen LogP contribution is -2.50. The first-order chi connectivity index (χ1) is 15.1. The number of nitrogens with zero attached hydrogens (tertiary/aromatic N) is 1. The van der Waals surface area contributed by atoms with Crippen molar-refractivity contribution in [3.05, 3.63) is 83.9 Å². The van der Waals surface area contributed by atoms with Crippen LogP contribution in [0.4, 0.5) is 9.59 Å². The first-order valence-corrected chi connectivity index (χ1v) is 10.7. The van der Waals surface area contributed by atoms with E-state index in [2.05, 4.69) is 5.32 Å². The van der Waals surface area contributed by atoms with Gasteiger partial charge in [0.15, 0.2) is 0 Å². The largest absolute Gasteiger partial charge is 0.445 e. The summed E-state index contributed by atoms with van der Waals surface area (Å²) >= 11 is 0. The lowest BCUT2D eigenvalue weighted by molar-refractivity contribution is 0.0800. The van der Waals surface area contributed by atoms with Gasteiger partial charge >= 0.3 is 12.2 Å². The minimum absolute atomic E-state index is 0.0465.